The minimum Gasteiger partial charge on any atom is -0.508 e. The Balaban J connectivity index is 2.19. The van der Waals surface area contributed by atoms with Crippen LogP contribution in [0.5, 0.6) is 5.75 Å². The first-order valence-corrected chi connectivity index (χ1v) is 7.51. The topological polar surface area (TPSA) is 81.6 Å². The van der Waals surface area contributed by atoms with Crippen molar-refractivity contribution in [1.29, 1.82) is 0 Å². The summed E-state index contributed by atoms with van der Waals surface area (Å²) < 4.78 is 0. The van der Waals surface area contributed by atoms with Gasteiger partial charge in [-0.2, -0.15) is 0 Å². The Hall–Kier alpha value is -1.75. The highest BCUT2D eigenvalue weighted by atomic mass is 16.3. The number of carbonyl (C=O) groups excluding carboxylic acids is 1. The number of carbonyl (C=O) groups is 1. The van der Waals surface area contributed by atoms with Crippen LogP contribution < -0.4 is 10.6 Å². The third-order valence-corrected chi connectivity index (χ3v) is 3.41. The zero-order valence-electron chi connectivity index (χ0n) is 12.8. The lowest BCUT2D eigenvalue weighted by molar-refractivity contribution is 0.160. The van der Waals surface area contributed by atoms with Crippen molar-refractivity contribution in [2.45, 2.75) is 51.7 Å². The number of amides is 2. The molecule has 0 fully saturated rings. The van der Waals surface area contributed by atoms with E-state index in [2.05, 4.69) is 10.6 Å². The molecule has 0 saturated heterocycles. The molecule has 0 saturated carbocycles. The summed E-state index contributed by atoms with van der Waals surface area (Å²) >= 11 is 0. The number of aliphatic hydroxyl groups is 1. The van der Waals surface area contributed by atoms with Crippen LogP contribution >= 0.6 is 0 Å². The van der Waals surface area contributed by atoms with Crippen molar-refractivity contribution in [2.24, 2.45) is 0 Å². The van der Waals surface area contributed by atoms with Gasteiger partial charge in [-0.3, -0.25) is 0 Å². The van der Waals surface area contributed by atoms with E-state index in [1.54, 1.807) is 12.1 Å². The predicted octanol–water partition coefficient (Wildman–Crippen LogP) is 2.17. The van der Waals surface area contributed by atoms with E-state index in [1.807, 2.05) is 26.0 Å². The van der Waals surface area contributed by atoms with E-state index in [-0.39, 0.29) is 23.9 Å². The number of phenolic OH excluding ortho intramolecular Hbond substituents is 1. The van der Waals surface area contributed by atoms with Crippen LogP contribution in [0.1, 0.15) is 38.7 Å². The lowest BCUT2D eigenvalue weighted by atomic mass is 10.1. The van der Waals surface area contributed by atoms with Crippen LogP contribution in [0.3, 0.4) is 0 Å². The second kappa shape index (κ2) is 9.23. The van der Waals surface area contributed by atoms with Gasteiger partial charge in [0.1, 0.15) is 5.75 Å². The lowest BCUT2D eigenvalue weighted by Gasteiger charge is -2.15. The number of benzene rings is 1. The number of aliphatic hydroxyl groups excluding tert-OH is 1. The van der Waals surface area contributed by atoms with Gasteiger partial charge in [-0.25, -0.2) is 4.79 Å². The molecule has 2 amide bonds. The quantitative estimate of drug-likeness (QED) is 0.593. The van der Waals surface area contributed by atoms with Gasteiger partial charge in [-0.1, -0.05) is 19.1 Å². The van der Waals surface area contributed by atoms with Crippen molar-refractivity contribution < 1.29 is 15.0 Å². The molecule has 0 aliphatic heterocycles. The summed E-state index contributed by atoms with van der Waals surface area (Å²) in [4.78, 5) is 11.6. The molecule has 0 bridgehead atoms. The number of aromatic hydroxyl groups is 1. The number of nitrogens with one attached hydrogen (secondary N) is 2. The summed E-state index contributed by atoms with van der Waals surface area (Å²) in [6.07, 6.45) is 2.60. The second-order valence-electron chi connectivity index (χ2n) is 5.36. The van der Waals surface area contributed by atoms with Crippen molar-refractivity contribution in [1.82, 2.24) is 10.6 Å². The molecule has 5 nitrogen and oxygen atoms in total. The molecule has 2 unspecified atom stereocenters. The van der Waals surface area contributed by atoms with Gasteiger partial charge in [0.25, 0.3) is 0 Å². The number of aryl methyl sites for hydroxylation is 1. The molecule has 1 aromatic carbocycles. The van der Waals surface area contributed by atoms with E-state index in [9.17, 15) is 15.0 Å². The van der Waals surface area contributed by atoms with E-state index in [0.717, 1.165) is 18.4 Å². The summed E-state index contributed by atoms with van der Waals surface area (Å²) in [5.41, 5.74) is 1.13. The fourth-order valence-corrected chi connectivity index (χ4v) is 1.95. The summed E-state index contributed by atoms with van der Waals surface area (Å²) in [7, 11) is 0. The summed E-state index contributed by atoms with van der Waals surface area (Å²) in [5.74, 6) is 0.263. The van der Waals surface area contributed by atoms with E-state index in [4.69, 9.17) is 0 Å². The molecule has 0 aromatic heterocycles. The maximum absolute atomic E-state index is 11.6. The first-order chi connectivity index (χ1) is 10.0. The van der Waals surface area contributed by atoms with E-state index in [0.29, 0.717) is 19.4 Å². The van der Waals surface area contributed by atoms with Gasteiger partial charge in [0.2, 0.25) is 0 Å². The number of rotatable bonds is 8. The van der Waals surface area contributed by atoms with Crippen molar-refractivity contribution in [3.63, 3.8) is 0 Å². The molecular formula is C16H26N2O3. The van der Waals surface area contributed by atoms with Gasteiger partial charge < -0.3 is 20.8 Å². The van der Waals surface area contributed by atoms with Crippen LogP contribution in [0.4, 0.5) is 4.79 Å². The highest BCUT2D eigenvalue weighted by molar-refractivity contribution is 5.74. The maximum atomic E-state index is 11.6. The molecule has 21 heavy (non-hydrogen) atoms. The molecule has 5 heteroatoms. The van der Waals surface area contributed by atoms with Gasteiger partial charge in [-0.15, -0.1) is 0 Å². The summed E-state index contributed by atoms with van der Waals surface area (Å²) in [6.45, 7) is 4.35. The SMILES string of the molecule is CCC(O)CCNC(=O)NC(C)CCc1ccc(O)cc1. The molecule has 0 aliphatic carbocycles. The summed E-state index contributed by atoms with van der Waals surface area (Å²) in [5, 5.41) is 24.2. The smallest absolute Gasteiger partial charge is 0.314 e. The van der Waals surface area contributed by atoms with Crippen molar-refractivity contribution in [3.8, 4) is 5.75 Å². The van der Waals surface area contributed by atoms with Crippen LogP contribution in [0.25, 0.3) is 0 Å². The molecule has 1 rings (SSSR count). The highest BCUT2D eigenvalue weighted by Gasteiger charge is 2.08. The van der Waals surface area contributed by atoms with Gasteiger partial charge in [0.05, 0.1) is 6.10 Å². The van der Waals surface area contributed by atoms with Crippen molar-refractivity contribution in [2.75, 3.05) is 6.54 Å². The van der Waals surface area contributed by atoms with Crippen LogP contribution in [-0.4, -0.2) is 34.9 Å². The van der Waals surface area contributed by atoms with Gasteiger partial charge in [-0.05, 0) is 50.3 Å². The Morgan fingerprint density at radius 3 is 2.52 bits per heavy atom. The number of hydrogen-bond donors (Lipinski definition) is 4. The van der Waals surface area contributed by atoms with Crippen LogP contribution in [0.2, 0.25) is 0 Å². The molecule has 118 valence electrons. The average Bonchev–Trinajstić information content (AvgIpc) is 2.46. The average molecular weight is 294 g/mol. The number of hydrogen-bond acceptors (Lipinski definition) is 3. The lowest BCUT2D eigenvalue weighted by Crippen LogP contribution is -2.41. The van der Waals surface area contributed by atoms with E-state index >= 15 is 0 Å². The highest BCUT2D eigenvalue weighted by Crippen LogP contribution is 2.11. The standard InChI is InChI=1S/C16H26N2O3/c1-3-14(19)10-11-17-16(21)18-12(2)4-5-13-6-8-15(20)9-7-13/h6-9,12,14,19-20H,3-5,10-11H2,1-2H3,(H2,17,18,21). The van der Waals surface area contributed by atoms with Gasteiger partial charge in [0.15, 0.2) is 0 Å². The van der Waals surface area contributed by atoms with Gasteiger partial charge >= 0.3 is 6.03 Å². The minimum atomic E-state index is -0.350. The van der Waals surface area contributed by atoms with Crippen LogP contribution in [0.15, 0.2) is 24.3 Å². The third kappa shape index (κ3) is 7.56. The predicted molar refractivity (Wildman–Crippen MR) is 83.3 cm³/mol. The molecule has 0 spiro atoms. The molecule has 1 aromatic rings. The minimum absolute atomic E-state index is 0.0647. The Bertz CT molecular complexity index is 420. The Morgan fingerprint density at radius 2 is 1.90 bits per heavy atom. The fourth-order valence-electron chi connectivity index (χ4n) is 1.95. The maximum Gasteiger partial charge on any atom is 0.314 e. The number of phenols is 1. The second-order valence-corrected chi connectivity index (χ2v) is 5.36. The van der Waals surface area contributed by atoms with Gasteiger partial charge in [0, 0.05) is 12.6 Å². The van der Waals surface area contributed by atoms with Crippen LogP contribution in [-0.2, 0) is 6.42 Å². The number of urea groups is 1. The normalized spacial score (nSPS) is 13.5. The molecule has 0 radical (unpaired) electrons. The first-order valence-electron chi connectivity index (χ1n) is 7.51. The van der Waals surface area contributed by atoms with E-state index in [1.165, 1.54) is 0 Å². The zero-order valence-corrected chi connectivity index (χ0v) is 12.8. The monoisotopic (exact) mass is 294 g/mol. The third-order valence-electron chi connectivity index (χ3n) is 3.41. The zero-order chi connectivity index (χ0) is 15.7. The Labute approximate surface area is 126 Å². The molecule has 0 heterocycles. The largest absolute Gasteiger partial charge is 0.508 e. The molecule has 4 N–H and O–H groups in total. The summed E-state index contributed by atoms with van der Waals surface area (Å²) in [6, 6.07) is 6.97. The molecule has 2 atom stereocenters. The van der Waals surface area contributed by atoms with Crippen molar-refractivity contribution in [3.05, 3.63) is 29.8 Å². The first kappa shape index (κ1) is 17.3. The van der Waals surface area contributed by atoms with Crippen molar-refractivity contribution >= 4 is 6.03 Å². The van der Waals surface area contributed by atoms with E-state index < -0.39 is 0 Å². The molecular weight excluding hydrogens is 268 g/mol. The Morgan fingerprint density at radius 1 is 1.24 bits per heavy atom. The fraction of sp³-hybridized carbons (Fsp3) is 0.562. The Kier molecular flexibility index (Phi) is 7.61. The molecule has 0 aliphatic rings. The van der Waals surface area contributed by atoms with Crippen LogP contribution in [0, 0.1) is 0 Å².